The van der Waals surface area contributed by atoms with Crippen LogP contribution in [0.15, 0.2) is 35.3 Å². The smallest absolute Gasteiger partial charge is 0.191 e. The molecule has 4 nitrogen and oxygen atoms in total. The fourth-order valence-corrected chi connectivity index (χ4v) is 1.77. The van der Waals surface area contributed by atoms with E-state index >= 15 is 0 Å². The highest BCUT2D eigenvalue weighted by atomic mass is 127. The van der Waals surface area contributed by atoms with Crippen molar-refractivity contribution in [3.63, 3.8) is 0 Å². The molecule has 0 aliphatic heterocycles. The highest BCUT2D eigenvalue weighted by Crippen LogP contribution is 2.13. The molecule has 0 aliphatic carbocycles. The van der Waals surface area contributed by atoms with Gasteiger partial charge in [-0.3, -0.25) is 4.99 Å². The third-order valence-electron chi connectivity index (χ3n) is 3.03. The predicted molar refractivity (Wildman–Crippen MR) is 99.4 cm³/mol. The lowest BCUT2D eigenvalue weighted by Gasteiger charge is -2.26. The summed E-state index contributed by atoms with van der Waals surface area (Å²) >= 11 is 0. The fraction of sp³-hybridized carbons (Fsp3) is 0.533. The van der Waals surface area contributed by atoms with Gasteiger partial charge in [-0.1, -0.05) is 18.2 Å². The second kappa shape index (κ2) is 10.8. The molecule has 2 N–H and O–H groups in total. The molecule has 1 atom stereocenters. The van der Waals surface area contributed by atoms with Crippen molar-refractivity contribution in [3.05, 3.63) is 30.3 Å². The Morgan fingerprint density at radius 1 is 1.15 bits per heavy atom. The zero-order valence-corrected chi connectivity index (χ0v) is 15.2. The van der Waals surface area contributed by atoms with Gasteiger partial charge in [0.25, 0.3) is 0 Å². The molecule has 0 aliphatic rings. The monoisotopic (exact) mass is 390 g/mol. The average molecular weight is 390 g/mol. The third kappa shape index (κ3) is 6.45. The Kier molecular flexibility index (Phi) is 10.2. The number of para-hydroxylation sites is 1. The summed E-state index contributed by atoms with van der Waals surface area (Å²) < 4.78 is 0. The number of hydrogen-bond donors (Lipinski definition) is 2. The van der Waals surface area contributed by atoms with Crippen molar-refractivity contribution >= 4 is 35.6 Å². The fourth-order valence-electron chi connectivity index (χ4n) is 1.77. The number of benzene rings is 1. The lowest BCUT2D eigenvalue weighted by atomic mass is 10.2. The van der Waals surface area contributed by atoms with Crippen molar-refractivity contribution < 1.29 is 0 Å². The molecule has 0 saturated carbocycles. The van der Waals surface area contributed by atoms with Crippen molar-refractivity contribution in [2.75, 3.05) is 31.6 Å². The largest absolute Gasteiger partial charge is 0.370 e. The van der Waals surface area contributed by atoms with Gasteiger partial charge in [-0.25, -0.2) is 0 Å². The van der Waals surface area contributed by atoms with E-state index in [4.69, 9.17) is 0 Å². The van der Waals surface area contributed by atoms with Crippen LogP contribution in [0, 0.1) is 0 Å². The number of rotatable bonds is 6. The van der Waals surface area contributed by atoms with Crippen molar-refractivity contribution in [1.29, 1.82) is 0 Å². The van der Waals surface area contributed by atoms with Gasteiger partial charge in [0, 0.05) is 31.9 Å². The number of likely N-dealkylation sites (N-methyl/N-ethyl adjacent to an activating group) is 1. The van der Waals surface area contributed by atoms with Crippen LogP contribution >= 0.6 is 24.0 Å². The molecular weight excluding hydrogens is 363 g/mol. The van der Waals surface area contributed by atoms with Crippen LogP contribution < -0.4 is 15.5 Å². The molecule has 0 aromatic heterocycles. The summed E-state index contributed by atoms with van der Waals surface area (Å²) in [5, 5.41) is 6.48. The highest BCUT2D eigenvalue weighted by Gasteiger charge is 2.09. The Labute approximate surface area is 140 Å². The van der Waals surface area contributed by atoms with Crippen LogP contribution in [0.5, 0.6) is 0 Å². The maximum absolute atomic E-state index is 4.60. The van der Waals surface area contributed by atoms with Crippen molar-refractivity contribution in [3.8, 4) is 0 Å². The van der Waals surface area contributed by atoms with E-state index < -0.39 is 0 Å². The van der Waals surface area contributed by atoms with Gasteiger partial charge in [0.05, 0.1) is 6.54 Å². The first kappa shape index (κ1) is 19.0. The van der Waals surface area contributed by atoms with Crippen LogP contribution in [-0.4, -0.2) is 38.7 Å². The first-order valence-electron chi connectivity index (χ1n) is 6.99. The van der Waals surface area contributed by atoms with E-state index in [9.17, 15) is 0 Å². The molecule has 5 heteroatoms. The quantitative estimate of drug-likeness (QED) is 0.446. The summed E-state index contributed by atoms with van der Waals surface area (Å²) in [6.45, 7) is 8.87. The zero-order chi connectivity index (χ0) is 14.1. The lowest BCUT2D eigenvalue weighted by molar-refractivity contribution is 0.688. The van der Waals surface area contributed by atoms with Gasteiger partial charge in [-0.2, -0.15) is 0 Å². The molecule has 0 fully saturated rings. The van der Waals surface area contributed by atoms with E-state index in [0.29, 0.717) is 6.04 Å². The molecule has 0 bridgehead atoms. The summed E-state index contributed by atoms with van der Waals surface area (Å²) in [4.78, 5) is 6.85. The number of guanidine groups is 1. The van der Waals surface area contributed by atoms with Gasteiger partial charge in [0.2, 0.25) is 0 Å². The minimum atomic E-state index is 0. The van der Waals surface area contributed by atoms with Gasteiger partial charge >= 0.3 is 0 Å². The second-order valence-electron chi connectivity index (χ2n) is 4.55. The van der Waals surface area contributed by atoms with Crippen LogP contribution in [-0.2, 0) is 0 Å². The maximum Gasteiger partial charge on any atom is 0.191 e. The van der Waals surface area contributed by atoms with E-state index in [2.05, 4.69) is 72.6 Å². The average Bonchev–Trinajstić information content (AvgIpc) is 2.45. The normalized spacial score (nSPS) is 11.0. The minimum Gasteiger partial charge on any atom is -0.370 e. The first-order chi connectivity index (χ1) is 9.19. The van der Waals surface area contributed by atoms with Crippen molar-refractivity contribution in [1.82, 2.24) is 10.6 Å². The van der Waals surface area contributed by atoms with Crippen molar-refractivity contribution in [2.24, 2.45) is 4.99 Å². The molecular formula is C15H27IN4. The topological polar surface area (TPSA) is 39.7 Å². The number of aliphatic imine (C=N–C) groups is 1. The van der Waals surface area contributed by atoms with Crippen LogP contribution in [0.25, 0.3) is 0 Å². The van der Waals surface area contributed by atoms with Gasteiger partial charge in [-0.05, 0) is 32.9 Å². The third-order valence-corrected chi connectivity index (χ3v) is 3.03. The standard InChI is InChI=1S/C15H26N4.HI/c1-5-16-15(17-6-2)18-12-13(3)19(4)14-10-8-7-9-11-14;/h7-11,13H,5-6,12H2,1-4H3,(H2,16,17,18);1H. The molecule has 0 saturated heterocycles. The molecule has 114 valence electrons. The highest BCUT2D eigenvalue weighted by molar-refractivity contribution is 14.0. The van der Waals surface area contributed by atoms with Crippen LogP contribution in [0.2, 0.25) is 0 Å². The van der Waals surface area contributed by atoms with E-state index in [1.54, 1.807) is 0 Å². The Morgan fingerprint density at radius 3 is 2.20 bits per heavy atom. The van der Waals surface area contributed by atoms with E-state index in [1.807, 2.05) is 6.07 Å². The number of anilines is 1. The summed E-state index contributed by atoms with van der Waals surface area (Å²) in [5.74, 6) is 0.887. The molecule has 0 heterocycles. The van der Waals surface area contributed by atoms with Gasteiger partial charge in [0.1, 0.15) is 0 Å². The molecule has 20 heavy (non-hydrogen) atoms. The van der Waals surface area contributed by atoms with Gasteiger partial charge in [0.15, 0.2) is 5.96 Å². The first-order valence-corrected chi connectivity index (χ1v) is 6.99. The maximum atomic E-state index is 4.60. The lowest BCUT2D eigenvalue weighted by Crippen LogP contribution is -2.39. The Hall–Kier alpha value is -0.980. The SMILES string of the molecule is CCNC(=NCC(C)N(C)c1ccccc1)NCC.I. The number of nitrogens with one attached hydrogen (secondary N) is 2. The van der Waals surface area contributed by atoms with Gasteiger partial charge in [-0.15, -0.1) is 24.0 Å². The predicted octanol–water partition coefficient (Wildman–Crippen LogP) is 2.70. The van der Waals surface area contributed by atoms with E-state index in [-0.39, 0.29) is 24.0 Å². The summed E-state index contributed by atoms with van der Waals surface area (Å²) in [5.41, 5.74) is 1.22. The summed E-state index contributed by atoms with van der Waals surface area (Å²) in [7, 11) is 2.11. The van der Waals surface area contributed by atoms with E-state index in [1.165, 1.54) is 5.69 Å². The minimum absolute atomic E-state index is 0. The number of nitrogens with zero attached hydrogens (tertiary/aromatic N) is 2. The molecule has 1 rings (SSSR count). The second-order valence-corrected chi connectivity index (χ2v) is 4.55. The molecule has 1 aromatic carbocycles. The molecule has 0 amide bonds. The van der Waals surface area contributed by atoms with Crippen LogP contribution in [0.3, 0.4) is 0 Å². The molecule has 0 spiro atoms. The summed E-state index contributed by atoms with van der Waals surface area (Å²) in [6.07, 6.45) is 0. The van der Waals surface area contributed by atoms with E-state index in [0.717, 1.165) is 25.6 Å². The Bertz CT molecular complexity index is 373. The zero-order valence-electron chi connectivity index (χ0n) is 12.9. The molecule has 1 aromatic rings. The van der Waals surface area contributed by atoms with Crippen LogP contribution in [0.1, 0.15) is 20.8 Å². The number of hydrogen-bond acceptors (Lipinski definition) is 2. The molecule has 0 radical (unpaired) electrons. The summed E-state index contributed by atoms with van der Waals surface area (Å²) in [6, 6.07) is 10.8. The van der Waals surface area contributed by atoms with Crippen molar-refractivity contribution in [2.45, 2.75) is 26.8 Å². The number of halogens is 1. The van der Waals surface area contributed by atoms with Crippen LogP contribution in [0.4, 0.5) is 5.69 Å². The molecule has 1 unspecified atom stereocenters. The Balaban J connectivity index is 0.00000361. The Morgan fingerprint density at radius 2 is 1.70 bits per heavy atom. The van der Waals surface area contributed by atoms with Gasteiger partial charge < -0.3 is 15.5 Å².